The standard InChI is InChI=1S/C12H21ClO/c13-9-11-7-8-14-12(11)10-5-3-1-2-4-6-10/h10-12H,1-9H2. The van der Waals surface area contributed by atoms with Crippen LogP contribution in [-0.2, 0) is 4.74 Å². The highest BCUT2D eigenvalue weighted by Crippen LogP contribution is 2.35. The first-order chi connectivity index (χ1) is 6.92. The van der Waals surface area contributed by atoms with Gasteiger partial charge in [-0.15, -0.1) is 11.6 Å². The molecule has 0 aromatic rings. The molecule has 0 radical (unpaired) electrons. The van der Waals surface area contributed by atoms with Crippen molar-refractivity contribution in [1.29, 1.82) is 0 Å². The zero-order valence-corrected chi connectivity index (χ0v) is 9.64. The van der Waals surface area contributed by atoms with Crippen LogP contribution in [0.3, 0.4) is 0 Å². The van der Waals surface area contributed by atoms with E-state index in [2.05, 4.69) is 0 Å². The molecule has 1 saturated heterocycles. The monoisotopic (exact) mass is 216 g/mol. The first-order valence-electron chi connectivity index (χ1n) is 6.09. The minimum atomic E-state index is 0.491. The highest BCUT2D eigenvalue weighted by Gasteiger charge is 2.34. The molecule has 0 aromatic carbocycles. The number of hydrogen-bond donors (Lipinski definition) is 0. The Morgan fingerprint density at radius 3 is 2.36 bits per heavy atom. The van der Waals surface area contributed by atoms with Gasteiger partial charge in [-0.1, -0.05) is 25.7 Å². The highest BCUT2D eigenvalue weighted by atomic mass is 35.5. The Hall–Kier alpha value is 0.250. The minimum Gasteiger partial charge on any atom is -0.378 e. The van der Waals surface area contributed by atoms with Gasteiger partial charge in [0.25, 0.3) is 0 Å². The number of hydrogen-bond acceptors (Lipinski definition) is 1. The summed E-state index contributed by atoms with van der Waals surface area (Å²) in [6, 6.07) is 0. The van der Waals surface area contributed by atoms with E-state index in [1.165, 1.54) is 44.9 Å². The fraction of sp³-hybridized carbons (Fsp3) is 1.00. The molecule has 1 saturated carbocycles. The van der Waals surface area contributed by atoms with Gasteiger partial charge in [-0.2, -0.15) is 0 Å². The van der Waals surface area contributed by atoms with Crippen LogP contribution in [0.15, 0.2) is 0 Å². The molecule has 2 aliphatic rings. The van der Waals surface area contributed by atoms with Gasteiger partial charge in [0.15, 0.2) is 0 Å². The van der Waals surface area contributed by atoms with Crippen LogP contribution in [0.2, 0.25) is 0 Å². The Kier molecular flexibility index (Phi) is 4.12. The van der Waals surface area contributed by atoms with E-state index in [0.29, 0.717) is 12.0 Å². The Balaban J connectivity index is 1.91. The first-order valence-corrected chi connectivity index (χ1v) is 6.63. The van der Waals surface area contributed by atoms with Crippen molar-refractivity contribution in [3.63, 3.8) is 0 Å². The smallest absolute Gasteiger partial charge is 0.0643 e. The molecule has 0 bridgehead atoms. The van der Waals surface area contributed by atoms with Crippen LogP contribution in [0, 0.1) is 11.8 Å². The molecular weight excluding hydrogens is 196 g/mol. The van der Waals surface area contributed by atoms with E-state index in [4.69, 9.17) is 16.3 Å². The second-order valence-electron chi connectivity index (χ2n) is 4.79. The quantitative estimate of drug-likeness (QED) is 0.506. The van der Waals surface area contributed by atoms with Crippen molar-refractivity contribution in [2.45, 2.75) is 51.0 Å². The second kappa shape index (κ2) is 5.37. The maximum atomic E-state index is 5.98. The maximum Gasteiger partial charge on any atom is 0.0643 e. The van der Waals surface area contributed by atoms with E-state index in [1.807, 2.05) is 0 Å². The SMILES string of the molecule is ClCC1CCOC1C1CCCCCC1. The van der Waals surface area contributed by atoms with E-state index >= 15 is 0 Å². The molecule has 1 nitrogen and oxygen atoms in total. The van der Waals surface area contributed by atoms with Crippen LogP contribution in [0.4, 0.5) is 0 Å². The summed E-state index contributed by atoms with van der Waals surface area (Å²) in [7, 11) is 0. The molecular formula is C12H21ClO. The lowest BCUT2D eigenvalue weighted by Crippen LogP contribution is -2.27. The summed E-state index contributed by atoms with van der Waals surface area (Å²) in [6.45, 7) is 0.943. The summed E-state index contributed by atoms with van der Waals surface area (Å²) in [4.78, 5) is 0. The van der Waals surface area contributed by atoms with Crippen molar-refractivity contribution in [2.75, 3.05) is 12.5 Å². The van der Waals surface area contributed by atoms with Crippen molar-refractivity contribution >= 4 is 11.6 Å². The summed E-state index contributed by atoms with van der Waals surface area (Å²) < 4.78 is 5.87. The number of halogens is 1. The summed E-state index contributed by atoms with van der Waals surface area (Å²) in [5.74, 6) is 2.24. The number of alkyl halides is 1. The molecule has 2 atom stereocenters. The van der Waals surface area contributed by atoms with E-state index in [1.54, 1.807) is 0 Å². The van der Waals surface area contributed by atoms with Gasteiger partial charge in [0.2, 0.25) is 0 Å². The molecule has 14 heavy (non-hydrogen) atoms. The Bertz CT molecular complexity index is 164. The van der Waals surface area contributed by atoms with Crippen LogP contribution in [0.25, 0.3) is 0 Å². The van der Waals surface area contributed by atoms with Gasteiger partial charge in [-0.05, 0) is 25.2 Å². The molecule has 2 unspecified atom stereocenters. The second-order valence-corrected chi connectivity index (χ2v) is 5.10. The van der Waals surface area contributed by atoms with E-state index in [0.717, 1.165) is 18.4 Å². The summed E-state index contributed by atoms with van der Waals surface area (Å²) >= 11 is 5.98. The van der Waals surface area contributed by atoms with Crippen LogP contribution >= 0.6 is 11.6 Å². The van der Waals surface area contributed by atoms with E-state index in [9.17, 15) is 0 Å². The topological polar surface area (TPSA) is 9.23 Å². The summed E-state index contributed by atoms with van der Waals surface area (Å²) in [5.41, 5.74) is 0. The Morgan fingerprint density at radius 2 is 1.71 bits per heavy atom. The lowest BCUT2D eigenvalue weighted by molar-refractivity contribution is 0.0396. The Labute approximate surface area is 92.2 Å². The lowest BCUT2D eigenvalue weighted by atomic mass is 9.87. The van der Waals surface area contributed by atoms with Crippen molar-refractivity contribution in [2.24, 2.45) is 11.8 Å². The molecule has 0 spiro atoms. The first kappa shape index (κ1) is 10.8. The number of rotatable bonds is 2. The van der Waals surface area contributed by atoms with Crippen LogP contribution in [0.1, 0.15) is 44.9 Å². The van der Waals surface area contributed by atoms with Crippen molar-refractivity contribution in [1.82, 2.24) is 0 Å². The lowest BCUT2D eigenvalue weighted by Gasteiger charge is -2.25. The molecule has 0 N–H and O–H groups in total. The van der Waals surface area contributed by atoms with Gasteiger partial charge in [-0.3, -0.25) is 0 Å². The molecule has 0 aromatic heterocycles. The summed E-state index contributed by atoms with van der Waals surface area (Å²) in [6.07, 6.45) is 10.1. The van der Waals surface area contributed by atoms with Crippen molar-refractivity contribution < 1.29 is 4.74 Å². The van der Waals surface area contributed by atoms with E-state index in [-0.39, 0.29) is 0 Å². The molecule has 1 heterocycles. The van der Waals surface area contributed by atoms with Crippen molar-refractivity contribution in [3.05, 3.63) is 0 Å². The molecule has 2 fully saturated rings. The van der Waals surface area contributed by atoms with Gasteiger partial charge in [0.1, 0.15) is 0 Å². The molecule has 82 valence electrons. The minimum absolute atomic E-state index is 0.491. The van der Waals surface area contributed by atoms with Gasteiger partial charge in [-0.25, -0.2) is 0 Å². The zero-order valence-electron chi connectivity index (χ0n) is 8.88. The van der Waals surface area contributed by atoms with Gasteiger partial charge in [0, 0.05) is 18.4 Å². The predicted octanol–water partition coefficient (Wildman–Crippen LogP) is 3.60. The van der Waals surface area contributed by atoms with Crippen molar-refractivity contribution in [3.8, 4) is 0 Å². The average molecular weight is 217 g/mol. The molecule has 1 aliphatic carbocycles. The third-order valence-corrected chi connectivity index (χ3v) is 4.22. The normalized spacial score (nSPS) is 35.8. The van der Waals surface area contributed by atoms with E-state index < -0.39 is 0 Å². The maximum absolute atomic E-state index is 5.98. The molecule has 2 rings (SSSR count). The average Bonchev–Trinajstić information content (AvgIpc) is 2.52. The van der Waals surface area contributed by atoms with Gasteiger partial charge in [0.05, 0.1) is 6.10 Å². The van der Waals surface area contributed by atoms with Crippen LogP contribution < -0.4 is 0 Å². The van der Waals surface area contributed by atoms with Gasteiger partial charge >= 0.3 is 0 Å². The highest BCUT2D eigenvalue weighted by molar-refractivity contribution is 6.18. The van der Waals surface area contributed by atoms with Crippen LogP contribution in [-0.4, -0.2) is 18.6 Å². The summed E-state index contributed by atoms with van der Waals surface area (Å²) in [5, 5.41) is 0. The Morgan fingerprint density at radius 1 is 1.00 bits per heavy atom. The van der Waals surface area contributed by atoms with Crippen LogP contribution in [0.5, 0.6) is 0 Å². The zero-order chi connectivity index (χ0) is 9.80. The fourth-order valence-corrected chi connectivity index (χ4v) is 3.31. The fourth-order valence-electron chi connectivity index (χ4n) is 2.98. The van der Waals surface area contributed by atoms with Gasteiger partial charge < -0.3 is 4.74 Å². The molecule has 0 amide bonds. The molecule has 2 heteroatoms. The third-order valence-electron chi connectivity index (χ3n) is 3.83. The molecule has 1 aliphatic heterocycles. The predicted molar refractivity (Wildman–Crippen MR) is 59.8 cm³/mol. The third kappa shape index (κ3) is 2.43. The largest absolute Gasteiger partial charge is 0.378 e. The number of ether oxygens (including phenoxy) is 1.